The Morgan fingerprint density at radius 2 is 1.82 bits per heavy atom. The number of imide groups is 2. The first-order valence-electron chi connectivity index (χ1n) is 13.4. The van der Waals surface area contributed by atoms with Crippen molar-refractivity contribution in [2.45, 2.75) is 57.4 Å². The number of fused-ring (bicyclic) bond motifs is 5. The lowest BCUT2D eigenvalue weighted by Gasteiger charge is -2.55. The molecule has 4 atom stereocenters. The SMILES string of the molecule is C[C@@H]1CN2c3c(cc4c(N5C(=O)OC[C@H]5C5CCOCC5)noc4c3F)CC3(C(=O)NC(=O)NC3=O)C2[C@H](C)O1. The van der Waals surface area contributed by atoms with Crippen LogP contribution in [0.1, 0.15) is 32.3 Å². The lowest BCUT2D eigenvalue weighted by Crippen LogP contribution is -2.75. The van der Waals surface area contributed by atoms with Crippen molar-refractivity contribution in [1.82, 2.24) is 15.8 Å². The number of aromatic nitrogens is 1. The first kappa shape index (κ1) is 25.2. The molecule has 1 spiro atoms. The predicted molar refractivity (Wildman–Crippen MR) is 134 cm³/mol. The Labute approximate surface area is 227 Å². The fourth-order valence-electron chi connectivity index (χ4n) is 7.24. The molecule has 5 aliphatic heterocycles. The van der Waals surface area contributed by atoms with Crippen LogP contribution < -0.4 is 20.4 Å². The third-order valence-electron chi connectivity index (χ3n) is 8.89. The number of rotatable bonds is 2. The molecule has 13 nitrogen and oxygen atoms in total. The number of urea groups is 1. The van der Waals surface area contributed by atoms with Crippen molar-refractivity contribution in [1.29, 1.82) is 0 Å². The van der Waals surface area contributed by atoms with E-state index < -0.39 is 47.3 Å². The number of amides is 5. The van der Waals surface area contributed by atoms with Crippen LogP contribution in [0.2, 0.25) is 0 Å². The van der Waals surface area contributed by atoms with Gasteiger partial charge >= 0.3 is 12.1 Å². The molecule has 1 unspecified atom stereocenters. The van der Waals surface area contributed by atoms with Gasteiger partial charge in [0.2, 0.25) is 17.4 Å². The zero-order valence-corrected chi connectivity index (χ0v) is 21.9. The smallest absolute Gasteiger partial charge is 0.416 e. The summed E-state index contributed by atoms with van der Waals surface area (Å²) in [4.78, 5) is 54.8. The lowest BCUT2D eigenvalue weighted by atomic mass is 9.66. The Balaban J connectivity index is 1.39. The average molecular weight is 558 g/mol. The third-order valence-corrected chi connectivity index (χ3v) is 8.89. The van der Waals surface area contributed by atoms with Crippen molar-refractivity contribution in [3.63, 3.8) is 0 Å². The first-order chi connectivity index (χ1) is 19.2. The van der Waals surface area contributed by atoms with Gasteiger partial charge in [-0.25, -0.2) is 14.0 Å². The minimum Gasteiger partial charge on any atom is -0.447 e. The molecule has 0 radical (unpaired) electrons. The van der Waals surface area contributed by atoms with Gasteiger partial charge in [-0.15, -0.1) is 0 Å². The van der Waals surface area contributed by atoms with E-state index in [1.165, 1.54) is 4.90 Å². The molecule has 4 fully saturated rings. The molecule has 4 saturated heterocycles. The van der Waals surface area contributed by atoms with E-state index in [9.17, 15) is 19.2 Å². The second kappa shape index (κ2) is 8.86. The van der Waals surface area contributed by atoms with Crippen LogP contribution >= 0.6 is 0 Å². The summed E-state index contributed by atoms with van der Waals surface area (Å²) < 4.78 is 38.8. The third kappa shape index (κ3) is 3.41. The van der Waals surface area contributed by atoms with E-state index in [1.807, 2.05) is 6.92 Å². The highest BCUT2D eigenvalue weighted by atomic mass is 19.1. The second-order valence-corrected chi connectivity index (χ2v) is 11.2. The summed E-state index contributed by atoms with van der Waals surface area (Å²) in [5, 5.41) is 8.78. The fraction of sp³-hybridized carbons (Fsp3) is 0.577. The van der Waals surface area contributed by atoms with E-state index in [1.54, 1.807) is 17.9 Å². The quantitative estimate of drug-likeness (QED) is 0.521. The highest BCUT2D eigenvalue weighted by Gasteiger charge is 2.63. The molecule has 0 saturated carbocycles. The minimum absolute atomic E-state index is 0.0990. The van der Waals surface area contributed by atoms with Crippen LogP contribution in [-0.2, 0) is 30.2 Å². The Hall–Kier alpha value is -3.78. The van der Waals surface area contributed by atoms with Crippen molar-refractivity contribution in [2.75, 3.05) is 36.2 Å². The number of carbonyl (C=O) groups is 4. The zero-order chi connectivity index (χ0) is 27.9. The maximum Gasteiger partial charge on any atom is 0.416 e. The van der Waals surface area contributed by atoms with Crippen LogP contribution in [-0.4, -0.2) is 79.8 Å². The number of hydrogen-bond acceptors (Lipinski definition) is 10. The first-order valence-corrected chi connectivity index (χ1v) is 13.4. The normalized spacial score (nSPS) is 30.3. The van der Waals surface area contributed by atoms with Gasteiger partial charge in [-0.05, 0) is 44.2 Å². The van der Waals surface area contributed by atoms with Gasteiger partial charge in [-0.1, -0.05) is 5.16 Å². The summed E-state index contributed by atoms with van der Waals surface area (Å²) in [5.74, 6) is -2.05. The molecule has 40 heavy (non-hydrogen) atoms. The van der Waals surface area contributed by atoms with Crippen LogP contribution in [0, 0.1) is 17.2 Å². The summed E-state index contributed by atoms with van der Waals surface area (Å²) >= 11 is 0. The second-order valence-electron chi connectivity index (χ2n) is 11.2. The van der Waals surface area contributed by atoms with Crippen molar-refractivity contribution in [3.8, 4) is 0 Å². The number of benzene rings is 1. The number of ether oxygens (including phenoxy) is 3. The van der Waals surface area contributed by atoms with E-state index in [0.717, 1.165) is 12.8 Å². The van der Waals surface area contributed by atoms with Gasteiger partial charge in [0.05, 0.1) is 35.4 Å². The van der Waals surface area contributed by atoms with E-state index in [-0.39, 0.29) is 60.1 Å². The zero-order valence-electron chi connectivity index (χ0n) is 21.9. The van der Waals surface area contributed by atoms with Crippen LogP contribution in [0.3, 0.4) is 0 Å². The Kier molecular flexibility index (Phi) is 5.58. The maximum atomic E-state index is 16.4. The highest BCUT2D eigenvalue weighted by Crippen LogP contribution is 2.50. The average Bonchev–Trinajstić information content (AvgIpc) is 3.50. The Morgan fingerprint density at radius 1 is 1.10 bits per heavy atom. The van der Waals surface area contributed by atoms with Gasteiger partial charge in [0.1, 0.15) is 6.61 Å². The van der Waals surface area contributed by atoms with E-state index in [0.29, 0.717) is 18.8 Å². The molecule has 0 bridgehead atoms. The Bertz CT molecular complexity index is 1430. The number of hydrogen-bond donors (Lipinski definition) is 2. The van der Waals surface area contributed by atoms with Gasteiger partial charge in [0.15, 0.2) is 17.1 Å². The van der Waals surface area contributed by atoms with Gasteiger partial charge in [0, 0.05) is 26.2 Å². The van der Waals surface area contributed by atoms with Crippen LogP contribution in [0.4, 0.5) is 25.5 Å². The van der Waals surface area contributed by atoms with Gasteiger partial charge < -0.3 is 23.6 Å². The van der Waals surface area contributed by atoms with Crippen molar-refractivity contribution < 1.29 is 42.3 Å². The molecule has 14 heteroatoms. The number of cyclic esters (lactones) is 1. The number of nitrogens with one attached hydrogen (secondary N) is 2. The van der Waals surface area contributed by atoms with Crippen molar-refractivity contribution >= 4 is 46.4 Å². The molecule has 5 aliphatic rings. The summed E-state index contributed by atoms with van der Waals surface area (Å²) in [5.41, 5.74) is -1.39. The topological polar surface area (TPSA) is 153 Å². The minimum atomic E-state index is -1.77. The monoisotopic (exact) mass is 557 g/mol. The number of halogens is 1. The van der Waals surface area contributed by atoms with Crippen LogP contribution in [0.15, 0.2) is 10.6 Å². The molecule has 5 amide bonds. The molecular formula is C26H28FN5O8. The van der Waals surface area contributed by atoms with E-state index in [2.05, 4.69) is 15.8 Å². The number of barbiturate groups is 1. The fourth-order valence-corrected chi connectivity index (χ4v) is 7.24. The summed E-state index contributed by atoms with van der Waals surface area (Å²) in [6.45, 7) is 5.01. The number of carbonyl (C=O) groups excluding carboxylic acids is 4. The molecule has 6 heterocycles. The molecule has 212 valence electrons. The number of nitrogens with zero attached hydrogens (tertiary/aromatic N) is 3. The largest absolute Gasteiger partial charge is 0.447 e. The molecule has 2 aromatic rings. The predicted octanol–water partition coefficient (Wildman–Crippen LogP) is 1.61. The Morgan fingerprint density at radius 3 is 2.55 bits per heavy atom. The molecular weight excluding hydrogens is 529 g/mol. The van der Waals surface area contributed by atoms with Crippen molar-refractivity contribution in [3.05, 3.63) is 17.4 Å². The van der Waals surface area contributed by atoms with E-state index in [4.69, 9.17) is 18.7 Å². The summed E-state index contributed by atoms with van der Waals surface area (Å²) in [6, 6.07) is -0.525. The number of morpholine rings is 1. The van der Waals surface area contributed by atoms with E-state index >= 15 is 4.39 Å². The van der Waals surface area contributed by atoms with Crippen molar-refractivity contribution in [2.24, 2.45) is 11.3 Å². The molecule has 1 aromatic heterocycles. The van der Waals surface area contributed by atoms with Gasteiger partial charge in [-0.2, -0.15) is 0 Å². The van der Waals surface area contributed by atoms with Gasteiger partial charge in [-0.3, -0.25) is 25.1 Å². The van der Waals surface area contributed by atoms with Crippen LogP contribution in [0.5, 0.6) is 0 Å². The summed E-state index contributed by atoms with van der Waals surface area (Å²) in [7, 11) is 0. The lowest BCUT2D eigenvalue weighted by molar-refractivity contribution is -0.153. The maximum absolute atomic E-state index is 16.4. The van der Waals surface area contributed by atoms with Crippen LogP contribution in [0.25, 0.3) is 11.0 Å². The number of anilines is 2. The molecule has 2 N–H and O–H groups in total. The molecule has 7 rings (SSSR count). The molecule has 0 aliphatic carbocycles. The van der Waals surface area contributed by atoms with Gasteiger partial charge in [0.25, 0.3) is 0 Å². The standard InChI is InChI=1S/C26H28FN5O8/c1-11-9-31-18-14(8-26(20(31)12(2)39-11)22(33)28-24(35)29-23(26)34)7-15-19(17(18)27)40-30-21(15)32-16(10-38-25(32)36)13-3-5-37-6-4-13/h7,11-13,16,20H,3-6,8-10H2,1-2H3,(H2,28,29,33,34,35)/t11-,12+,16+,20?/m1/s1. The molecule has 1 aromatic carbocycles. The highest BCUT2D eigenvalue weighted by molar-refractivity contribution is 6.20. The summed E-state index contributed by atoms with van der Waals surface area (Å²) in [6.07, 6.45) is -0.342.